The van der Waals surface area contributed by atoms with E-state index in [9.17, 15) is 0 Å². The first-order valence-corrected chi connectivity index (χ1v) is 4.37. The third kappa shape index (κ3) is 1.45. The van der Waals surface area contributed by atoms with Gasteiger partial charge in [-0.15, -0.1) is 0 Å². The van der Waals surface area contributed by atoms with Crippen molar-refractivity contribution in [2.75, 3.05) is 5.73 Å². The standard InChI is InChI=1S/C10H9ClN2/c1-6-9(12)4-7-2-3-8(11)5-10(7)13-6/h2-5H,12H2,1H3. The van der Waals surface area contributed by atoms with Crippen LogP contribution in [0.4, 0.5) is 5.69 Å². The van der Waals surface area contributed by atoms with Crippen LogP contribution in [-0.2, 0) is 0 Å². The molecule has 0 aliphatic heterocycles. The van der Waals surface area contributed by atoms with Crippen LogP contribution in [0.5, 0.6) is 0 Å². The Hall–Kier alpha value is -1.28. The fraction of sp³-hybridized carbons (Fsp3) is 0.100. The van der Waals surface area contributed by atoms with Crippen molar-refractivity contribution in [3.8, 4) is 0 Å². The Morgan fingerprint density at radius 2 is 2.08 bits per heavy atom. The number of aryl methyl sites for hydroxylation is 1. The molecule has 2 aromatic rings. The summed E-state index contributed by atoms with van der Waals surface area (Å²) in [4.78, 5) is 4.33. The molecule has 0 aliphatic rings. The maximum absolute atomic E-state index is 5.84. The molecule has 0 saturated heterocycles. The minimum Gasteiger partial charge on any atom is -0.397 e. The molecule has 0 unspecified atom stereocenters. The molecule has 3 heteroatoms. The first kappa shape index (κ1) is 8.32. The van der Waals surface area contributed by atoms with E-state index in [2.05, 4.69) is 4.98 Å². The minimum absolute atomic E-state index is 0.698. The predicted octanol–water partition coefficient (Wildman–Crippen LogP) is 2.78. The van der Waals surface area contributed by atoms with Gasteiger partial charge in [0.05, 0.1) is 16.9 Å². The Balaban J connectivity index is 2.81. The Bertz CT molecular complexity index is 466. The average molecular weight is 193 g/mol. The number of aromatic nitrogens is 1. The summed E-state index contributed by atoms with van der Waals surface area (Å²) < 4.78 is 0. The number of halogens is 1. The van der Waals surface area contributed by atoms with Crippen molar-refractivity contribution in [2.24, 2.45) is 0 Å². The lowest BCUT2D eigenvalue weighted by molar-refractivity contribution is 1.26. The van der Waals surface area contributed by atoms with Crippen molar-refractivity contribution < 1.29 is 0 Å². The van der Waals surface area contributed by atoms with E-state index in [0.29, 0.717) is 5.02 Å². The van der Waals surface area contributed by atoms with E-state index in [1.165, 1.54) is 0 Å². The van der Waals surface area contributed by atoms with Gasteiger partial charge in [-0.2, -0.15) is 0 Å². The lowest BCUT2D eigenvalue weighted by Gasteiger charge is -2.02. The van der Waals surface area contributed by atoms with Gasteiger partial charge in [0.15, 0.2) is 0 Å². The third-order valence-corrected chi connectivity index (χ3v) is 2.24. The summed E-state index contributed by atoms with van der Waals surface area (Å²) in [5, 5.41) is 1.72. The topological polar surface area (TPSA) is 38.9 Å². The summed E-state index contributed by atoms with van der Waals surface area (Å²) in [6.07, 6.45) is 0. The molecule has 0 aliphatic carbocycles. The van der Waals surface area contributed by atoms with Crippen LogP contribution >= 0.6 is 11.6 Å². The Labute approximate surface area is 81.3 Å². The molecule has 0 spiro atoms. The normalized spacial score (nSPS) is 10.6. The highest BCUT2D eigenvalue weighted by atomic mass is 35.5. The van der Waals surface area contributed by atoms with Crippen molar-refractivity contribution in [1.82, 2.24) is 4.98 Å². The number of anilines is 1. The first-order chi connectivity index (χ1) is 6.16. The van der Waals surface area contributed by atoms with Crippen LogP contribution in [0.25, 0.3) is 10.9 Å². The largest absolute Gasteiger partial charge is 0.397 e. The zero-order valence-corrected chi connectivity index (χ0v) is 7.97. The van der Waals surface area contributed by atoms with Gasteiger partial charge >= 0.3 is 0 Å². The average Bonchev–Trinajstić information content (AvgIpc) is 2.08. The molecule has 1 heterocycles. The Morgan fingerprint density at radius 1 is 1.31 bits per heavy atom. The van der Waals surface area contributed by atoms with Crippen LogP contribution in [0.2, 0.25) is 5.02 Å². The van der Waals surface area contributed by atoms with E-state index in [1.54, 1.807) is 0 Å². The van der Waals surface area contributed by atoms with Gasteiger partial charge in [-0.3, -0.25) is 4.98 Å². The maximum Gasteiger partial charge on any atom is 0.0721 e. The van der Waals surface area contributed by atoms with Gasteiger partial charge in [-0.1, -0.05) is 17.7 Å². The van der Waals surface area contributed by atoms with E-state index in [-0.39, 0.29) is 0 Å². The number of hydrogen-bond donors (Lipinski definition) is 1. The zero-order valence-electron chi connectivity index (χ0n) is 7.21. The van der Waals surface area contributed by atoms with Gasteiger partial charge in [0.1, 0.15) is 0 Å². The molecular formula is C10H9ClN2. The summed E-state index contributed by atoms with van der Waals surface area (Å²) in [5.41, 5.74) is 8.18. The Kier molecular flexibility index (Phi) is 1.85. The van der Waals surface area contributed by atoms with E-state index in [4.69, 9.17) is 17.3 Å². The molecule has 13 heavy (non-hydrogen) atoms. The fourth-order valence-electron chi connectivity index (χ4n) is 1.25. The number of rotatable bonds is 0. The molecule has 0 saturated carbocycles. The van der Waals surface area contributed by atoms with Gasteiger partial charge in [0.25, 0.3) is 0 Å². The quantitative estimate of drug-likeness (QED) is 0.697. The Morgan fingerprint density at radius 3 is 2.85 bits per heavy atom. The monoisotopic (exact) mass is 192 g/mol. The lowest BCUT2D eigenvalue weighted by Crippen LogP contribution is -1.92. The number of nitrogens with two attached hydrogens (primary N) is 1. The molecule has 2 N–H and O–H groups in total. The van der Waals surface area contributed by atoms with Crippen LogP contribution in [-0.4, -0.2) is 4.98 Å². The van der Waals surface area contributed by atoms with Crippen LogP contribution < -0.4 is 5.73 Å². The van der Waals surface area contributed by atoms with Crippen molar-refractivity contribution >= 4 is 28.2 Å². The van der Waals surface area contributed by atoms with Crippen LogP contribution in [0.3, 0.4) is 0 Å². The molecule has 0 atom stereocenters. The second-order valence-electron chi connectivity index (χ2n) is 3.00. The number of pyridine rings is 1. The number of hydrogen-bond acceptors (Lipinski definition) is 2. The molecule has 1 aromatic carbocycles. The molecular weight excluding hydrogens is 184 g/mol. The van der Waals surface area contributed by atoms with Crippen molar-refractivity contribution in [2.45, 2.75) is 6.92 Å². The highest BCUT2D eigenvalue weighted by Gasteiger charge is 1.99. The summed E-state index contributed by atoms with van der Waals surface area (Å²) in [6, 6.07) is 7.50. The highest BCUT2D eigenvalue weighted by Crippen LogP contribution is 2.21. The van der Waals surface area contributed by atoms with E-state index in [0.717, 1.165) is 22.3 Å². The fourth-order valence-corrected chi connectivity index (χ4v) is 1.42. The van der Waals surface area contributed by atoms with Crippen molar-refractivity contribution in [3.05, 3.63) is 35.0 Å². The minimum atomic E-state index is 0.698. The van der Waals surface area contributed by atoms with Gasteiger partial charge in [0.2, 0.25) is 0 Å². The maximum atomic E-state index is 5.84. The van der Waals surface area contributed by atoms with Crippen LogP contribution in [0.1, 0.15) is 5.69 Å². The molecule has 0 amide bonds. The smallest absolute Gasteiger partial charge is 0.0721 e. The highest BCUT2D eigenvalue weighted by molar-refractivity contribution is 6.31. The van der Waals surface area contributed by atoms with E-state index < -0.39 is 0 Å². The van der Waals surface area contributed by atoms with Gasteiger partial charge < -0.3 is 5.73 Å². The molecule has 0 bridgehead atoms. The van der Waals surface area contributed by atoms with Gasteiger partial charge in [-0.25, -0.2) is 0 Å². The second-order valence-corrected chi connectivity index (χ2v) is 3.44. The van der Waals surface area contributed by atoms with Crippen molar-refractivity contribution in [3.63, 3.8) is 0 Å². The summed E-state index contributed by atoms with van der Waals surface area (Å²) >= 11 is 5.84. The SMILES string of the molecule is Cc1nc2cc(Cl)ccc2cc1N. The molecule has 0 radical (unpaired) electrons. The molecule has 1 aromatic heterocycles. The van der Waals surface area contributed by atoms with E-state index in [1.807, 2.05) is 31.2 Å². The predicted molar refractivity (Wildman–Crippen MR) is 55.9 cm³/mol. The van der Waals surface area contributed by atoms with Crippen LogP contribution in [0, 0.1) is 6.92 Å². The zero-order chi connectivity index (χ0) is 9.42. The summed E-state index contributed by atoms with van der Waals surface area (Å²) in [7, 11) is 0. The molecule has 2 nitrogen and oxygen atoms in total. The second kappa shape index (κ2) is 2.89. The number of fused-ring (bicyclic) bond motifs is 1. The lowest BCUT2D eigenvalue weighted by atomic mass is 10.2. The van der Waals surface area contributed by atoms with E-state index >= 15 is 0 Å². The number of benzene rings is 1. The molecule has 66 valence electrons. The molecule has 0 fully saturated rings. The third-order valence-electron chi connectivity index (χ3n) is 2.01. The summed E-state index contributed by atoms with van der Waals surface area (Å²) in [5.74, 6) is 0. The number of nitrogens with zero attached hydrogens (tertiary/aromatic N) is 1. The number of nitrogen functional groups attached to an aromatic ring is 1. The summed E-state index contributed by atoms with van der Waals surface area (Å²) in [6.45, 7) is 1.88. The molecule has 2 rings (SSSR count). The van der Waals surface area contributed by atoms with Crippen LogP contribution in [0.15, 0.2) is 24.3 Å². The van der Waals surface area contributed by atoms with Crippen molar-refractivity contribution in [1.29, 1.82) is 0 Å². The first-order valence-electron chi connectivity index (χ1n) is 3.99. The van der Waals surface area contributed by atoms with Gasteiger partial charge in [-0.05, 0) is 25.1 Å². The van der Waals surface area contributed by atoms with Gasteiger partial charge in [0, 0.05) is 10.4 Å².